The Balaban J connectivity index is 1.56. The van der Waals surface area contributed by atoms with Gasteiger partial charge in [0.15, 0.2) is 4.96 Å². The highest BCUT2D eigenvalue weighted by Crippen LogP contribution is 2.27. The van der Waals surface area contributed by atoms with Gasteiger partial charge in [-0.3, -0.25) is 14.1 Å². The first-order chi connectivity index (χ1) is 10.2. The van der Waals surface area contributed by atoms with Crippen LogP contribution in [0.3, 0.4) is 0 Å². The average Bonchev–Trinajstić information content (AvgIpc) is 3.05. The molecule has 0 spiro atoms. The molecule has 2 atom stereocenters. The van der Waals surface area contributed by atoms with Crippen LogP contribution in [0.4, 0.5) is 0 Å². The third-order valence-electron chi connectivity index (χ3n) is 4.80. The molecule has 4 heterocycles. The molecule has 4 rings (SSSR count). The zero-order chi connectivity index (χ0) is 14.4. The van der Waals surface area contributed by atoms with E-state index in [0.717, 1.165) is 54.4 Å². The van der Waals surface area contributed by atoms with Crippen LogP contribution in [-0.2, 0) is 6.54 Å². The SMILES string of the molecule is Cc1csc2nc(CN3CCC4CNCC4C3)cc(=O)n12. The Morgan fingerprint density at radius 2 is 2.29 bits per heavy atom. The standard InChI is InChI=1S/C15H20N4OS/c1-10-9-21-15-17-13(4-14(20)19(10)15)8-18-3-2-11-5-16-6-12(11)7-18/h4,9,11-12,16H,2-3,5-8H2,1H3. The van der Waals surface area contributed by atoms with Crippen LogP contribution >= 0.6 is 11.3 Å². The summed E-state index contributed by atoms with van der Waals surface area (Å²) in [6.45, 7) is 7.31. The number of rotatable bonds is 2. The van der Waals surface area contributed by atoms with Crippen molar-refractivity contribution in [2.24, 2.45) is 11.8 Å². The van der Waals surface area contributed by atoms with E-state index in [1.807, 2.05) is 12.3 Å². The summed E-state index contributed by atoms with van der Waals surface area (Å²) < 4.78 is 1.70. The fourth-order valence-electron chi connectivity index (χ4n) is 3.66. The molecule has 0 bridgehead atoms. The molecular formula is C15H20N4OS. The molecule has 2 aromatic rings. The van der Waals surface area contributed by atoms with Gasteiger partial charge in [0.1, 0.15) is 0 Å². The fraction of sp³-hybridized carbons (Fsp3) is 0.600. The van der Waals surface area contributed by atoms with Crippen LogP contribution in [0.25, 0.3) is 4.96 Å². The largest absolute Gasteiger partial charge is 0.316 e. The summed E-state index contributed by atoms with van der Waals surface area (Å²) in [4.78, 5) is 20.1. The van der Waals surface area contributed by atoms with E-state index in [1.165, 1.54) is 13.0 Å². The number of piperidine rings is 1. The highest BCUT2D eigenvalue weighted by Gasteiger charge is 2.32. The summed E-state index contributed by atoms with van der Waals surface area (Å²) in [6.07, 6.45) is 1.26. The van der Waals surface area contributed by atoms with Crippen molar-refractivity contribution in [3.63, 3.8) is 0 Å². The summed E-state index contributed by atoms with van der Waals surface area (Å²) in [6, 6.07) is 1.70. The molecule has 1 N–H and O–H groups in total. The van der Waals surface area contributed by atoms with Crippen LogP contribution in [0, 0.1) is 18.8 Å². The molecule has 5 nitrogen and oxygen atoms in total. The fourth-order valence-corrected chi connectivity index (χ4v) is 4.56. The number of aryl methyl sites for hydroxylation is 1. The van der Waals surface area contributed by atoms with Gasteiger partial charge < -0.3 is 5.32 Å². The molecule has 2 aliphatic heterocycles. The predicted octanol–water partition coefficient (Wildman–Crippen LogP) is 1.11. The molecule has 21 heavy (non-hydrogen) atoms. The minimum atomic E-state index is 0.0474. The van der Waals surface area contributed by atoms with Gasteiger partial charge in [0.05, 0.1) is 5.69 Å². The first kappa shape index (κ1) is 13.4. The predicted molar refractivity (Wildman–Crippen MR) is 83.8 cm³/mol. The summed E-state index contributed by atoms with van der Waals surface area (Å²) in [5, 5.41) is 5.48. The number of fused-ring (bicyclic) bond motifs is 2. The van der Waals surface area contributed by atoms with E-state index in [0.29, 0.717) is 0 Å². The lowest BCUT2D eigenvalue weighted by Gasteiger charge is -2.34. The smallest absolute Gasteiger partial charge is 0.259 e. The van der Waals surface area contributed by atoms with Crippen molar-refractivity contribution in [3.8, 4) is 0 Å². The number of thiazole rings is 1. The normalized spacial score (nSPS) is 26.3. The zero-order valence-electron chi connectivity index (χ0n) is 12.2. The van der Waals surface area contributed by atoms with E-state index in [-0.39, 0.29) is 5.56 Å². The van der Waals surface area contributed by atoms with Gasteiger partial charge in [0.2, 0.25) is 0 Å². The molecule has 0 radical (unpaired) electrons. The minimum Gasteiger partial charge on any atom is -0.316 e. The summed E-state index contributed by atoms with van der Waals surface area (Å²) in [5.41, 5.74) is 1.93. The highest BCUT2D eigenvalue weighted by atomic mass is 32.1. The number of nitrogens with zero attached hydrogens (tertiary/aromatic N) is 3. The van der Waals surface area contributed by atoms with Crippen molar-refractivity contribution in [2.75, 3.05) is 26.2 Å². The number of likely N-dealkylation sites (tertiary alicyclic amines) is 1. The minimum absolute atomic E-state index is 0.0474. The van der Waals surface area contributed by atoms with Crippen LogP contribution in [-0.4, -0.2) is 40.5 Å². The Morgan fingerprint density at radius 3 is 3.19 bits per heavy atom. The molecule has 0 aromatic carbocycles. The molecule has 2 unspecified atom stereocenters. The molecule has 2 fully saturated rings. The Morgan fingerprint density at radius 1 is 1.43 bits per heavy atom. The van der Waals surface area contributed by atoms with Crippen LogP contribution in [0.1, 0.15) is 17.8 Å². The first-order valence-electron chi connectivity index (χ1n) is 7.60. The molecule has 2 aromatic heterocycles. The van der Waals surface area contributed by atoms with Crippen LogP contribution in [0.2, 0.25) is 0 Å². The first-order valence-corrected chi connectivity index (χ1v) is 8.48. The van der Waals surface area contributed by atoms with Gasteiger partial charge in [-0.05, 0) is 44.8 Å². The molecule has 6 heteroatoms. The second-order valence-electron chi connectivity index (χ2n) is 6.28. The maximum atomic E-state index is 12.2. The van der Waals surface area contributed by atoms with Gasteiger partial charge in [0.25, 0.3) is 5.56 Å². The monoisotopic (exact) mass is 304 g/mol. The summed E-state index contributed by atoms with van der Waals surface area (Å²) in [7, 11) is 0. The third-order valence-corrected chi connectivity index (χ3v) is 5.75. The second kappa shape index (κ2) is 5.19. The molecule has 0 amide bonds. The van der Waals surface area contributed by atoms with Crippen molar-refractivity contribution in [1.82, 2.24) is 19.6 Å². The lowest BCUT2D eigenvalue weighted by Crippen LogP contribution is -2.39. The Kier molecular flexibility index (Phi) is 3.32. The molecule has 112 valence electrons. The lowest BCUT2D eigenvalue weighted by atomic mass is 9.89. The maximum absolute atomic E-state index is 12.2. The van der Waals surface area contributed by atoms with Gasteiger partial charge in [-0.2, -0.15) is 0 Å². The lowest BCUT2D eigenvalue weighted by molar-refractivity contribution is 0.141. The van der Waals surface area contributed by atoms with Gasteiger partial charge in [-0.25, -0.2) is 4.98 Å². The van der Waals surface area contributed by atoms with E-state index in [1.54, 1.807) is 21.8 Å². The quantitative estimate of drug-likeness (QED) is 0.903. The number of nitrogens with one attached hydrogen (secondary N) is 1. The number of hydrogen-bond donors (Lipinski definition) is 1. The Hall–Kier alpha value is -1.24. The molecule has 0 saturated carbocycles. The Bertz CT molecular complexity index is 722. The van der Waals surface area contributed by atoms with E-state index in [4.69, 9.17) is 0 Å². The van der Waals surface area contributed by atoms with Crippen molar-refractivity contribution in [1.29, 1.82) is 0 Å². The van der Waals surface area contributed by atoms with Crippen LogP contribution < -0.4 is 10.9 Å². The average molecular weight is 304 g/mol. The summed E-state index contributed by atoms with van der Waals surface area (Å²) >= 11 is 1.54. The molecule has 0 aliphatic carbocycles. The number of aromatic nitrogens is 2. The van der Waals surface area contributed by atoms with E-state index >= 15 is 0 Å². The van der Waals surface area contributed by atoms with E-state index in [9.17, 15) is 4.79 Å². The molecule has 2 saturated heterocycles. The Labute approximate surface area is 127 Å². The van der Waals surface area contributed by atoms with Crippen LogP contribution in [0.15, 0.2) is 16.2 Å². The zero-order valence-corrected chi connectivity index (χ0v) is 13.0. The van der Waals surface area contributed by atoms with Crippen molar-refractivity contribution in [3.05, 3.63) is 33.2 Å². The van der Waals surface area contributed by atoms with Gasteiger partial charge >= 0.3 is 0 Å². The van der Waals surface area contributed by atoms with Gasteiger partial charge in [0, 0.05) is 30.2 Å². The molecular weight excluding hydrogens is 284 g/mol. The van der Waals surface area contributed by atoms with Gasteiger partial charge in [-0.1, -0.05) is 0 Å². The second-order valence-corrected chi connectivity index (χ2v) is 7.12. The van der Waals surface area contributed by atoms with E-state index < -0.39 is 0 Å². The third kappa shape index (κ3) is 2.41. The summed E-state index contributed by atoms with van der Waals surface area (Å²) in [5.74, 6) is 1.62. The van der Waals surface area contributed by atoms with Crippen LogP contribution in [0.5, 0.6) is 0 Å². The van der Waals surface area contributed by atoms with Crippen molar-refractivity contribution >= 4 is 16.3 Å². The van der Waals surface area contributed by atoms with Crippen molar-refractivity contribution in [2.45, 2.75) is 19.9 Å². The molecule has 2 aliphatic rings. The van der Waals surface area contributed by atoms with E-state index in [2.05, 4.69) is 15.2 Å². The maximum Gasteiger partial charge on any atom is 0.259 e. The number of hydrogen-bond acceptors (Lipinski definition) is 5. The van der Waals surface area contributed by atoms with Crippen molar-refractivity contribution < 1.29 is 0 Å². The highest BCUT2D eigenvalue weighted by molar-refractivity contribution is 7.15. The van der Waals surface area contributed by atoms with Gasteiger partial charge in [-0.15, -0.1) is 11.3 Å². The topological polar surface area (TPSA) is 49.6 Å².